The van der Waals surface area contributed by atoms with Gasteiger partial charge in [0.2, 0.25) is 10.0 Å². The van der Waals surface area contributed by atoms with E-state index in [-0.39, 0.29) is 33.6 Å². The molecule has 0 spiro atoms. The van der Waals surface area contributed by atoms with Gasteiger partial charge in [0, 0.05) is 25.7 Å². The standard InChI is InChI=1S/C22H34N2O6S2/c1-3-4-14-24(18-11-15-31(26,27)17-18)22(25)20-16-19(9-10-21(20)30-2)32(28,29)23-12-7-5-6-8-13-23/h9-10,16,18H,3-8,11-15,17H2,1-2H3. The van der Waals surface area contributed by atoms with E-state index in [1.807, 2.05) is 6.92 Å². The number of hydrogen-bond acceptors (Lipinski definition) is 6. The molecule has 180 valence electrons. The molecule has 1 aromatic carbocycles. The van der Waals surface area contributed by atoms with Gasteiger partial charge in [0.05, 0.1) is 29.1 Å². The first-order valence-electron chi connectivity index (χ1n) is 11.4. The Balaban J connectivity index is 1.96. The van der Waals surface area contributed by atoms with Crippen molar-refractivity contribution in [3.05, 3.63) is 23.8 Å². The summed E-state index contributed by atoms with van der Waals surface area (Å²) in [5.41, 5.74) is 0.156. The number of benzene rings is 1. The van der Waals surface area contributed by atoms with Crippen molar-refractivity contribution in [3.8, 4) is 5.75 Å². The van der Waals surface area contributed by atoms with Crippen LogP contribution < -0.4 is 4.74 Å². The van der Waals surface area contributed by atoms with Crippen molar-refractivity contribution < 1.29 is 26.4 Å². The van der Waals surface area contributed by atoms with Gasteiger partial charge in [0.25, 0.3) is 5.91 Å². The third-order valence-corrected chi connectivity index (χ3v) is 9.91. The molecule has 0 aromatic heterocycles. The van der Waals surface area contributed by atoms with Gasteiger partial charge in [-0.2, -0.15) is 4.31 Å². The van der Waals surface area contributed by atoms with Gasteiger partial charge in [-0.25, -0.2) is 16.8 Å². The van der Waals surface area contributed by atoms with E-state index in [9.17, 15) is 21.6 Å². The smallest absolute Gasteiger partial charge is 0.257 e. The molecule has 0 aliphatic carbocycles. The molecule has 2 fully saturated rings. The Hall–Kier alpha value is -1.65. The Morgan fingerprint density at radius 1 is 1.19 bits per heavy atom. The van der Waals surface area contributed by atoms with Crippen LogP contribution in [0.4, 0.5) is 0 Å². The third-order valence-electron chi connectivity index (χ3n) is 6.27. The fourth-order valence-corrected chi connectivity index (χ4v) is 7.67. The second-order valence-corrected chi connectivity index (χ2v) is 12.8. The molecule has 10 heteroatoms. The Morgan fingerprint density at radius 2 is 1.88 bits per heavy atom. The van der Waals surface area contributed by atoms with Crippen LogP contribution in [-0.4, -0.2) is 76.2 Å². The molecule has 3 rings (SSSR count). The van der Waals surface area contributed by atoms with Gasteiger partial charge in [-0.15, -0.1) is 0 Å². The summed E-state index contributed by atoms with van der Waals surface area (Å²) in [6.07, 6.45) is 5.64. The van der Waals surface area contributed by atoms with E-state index in [1.165, 1.54) is 29.6 Å². The zero-order valence-corrected chi connectivity index (χ0v) is 20.6. The van der Waals surface area contributed by atoms with Crippen LogP contribution >= 0.6 is 0 Å². The van der Waals surface area contributed by atoms with Crippen LogP contribution in [-0.2, 0) is 19.9 Å². The van der Waals surface area contributed by atoms with Crippen LogP contribution in [0.15, 0.2) is 23.1 Å². The normalized spacial score (nSPS) is 21.8. The Labute approximate surface area is 191 Å². The molecule has 1 amide bonds. The number of amides is 1. The molecule has 0 saturated carbocycles. The first-order chi connectivity index (χ1) is 15.2. The molecule has 1 atom stereocenters. The minimum Gasteiger partial charge on any atom is -0.496 e. The summed E-state index contributed by atoms with van der Waals surface area (Å²) in [5.74, 6) is -0.0950. The van der Waals surface area contributed by atoms with Crippen LogP contribution in [0.2, 0.25) is 0 Å². The van der Waals surface area contributed by atoms with Crippen molar-refractivity contribution in [2.24, 2.45) is 0 Å². The second-order valence-electron chi connectivity index (χ2n) is 8.59. The Morgan fingerprint density at radius 3 is 2.44 bits per heavy atom. The number of carbonyl (C=O) groups excluding carboxylic acids is 1. The lowest BCUT2D eigenvalue weighted by Gasteiger charge is -2.29. The number of carbonyl (C=O) groups is 1. The molecule has 8 nitrogen and oxygen atoms in total. The van der Waals surface area contributed by atoms with E-state index in [1.54, 1.807) is 4.90 Å². The molecule has 1 unspecified atom stereocenters. The highest BCUT2D eigenvalue weighted by Gasteiger charge is 2.36. The average molecular weight is 487 g/mol. The summed E-state index contributed by atoms with van der Waals surface area (Å²) in [4.78, 5) is 15.2. The Bertz CT molecular complexity index is 1010. The summed E-state index contributed by atoms with van der Waals surface area (Å²) >= 11 is 0. The summed E-state index contributed by atoms with van der Waals surface area (Å²) in [5, 5.41) is 0. The van der Waals surface area contributed by atoms with Crippen molar-refractivity contribution in [3.63, 3.8) is 0 Å². The number of unbranched alkanes of at least 4 members (excludes halogenated alkanes) is 1. The molecule has 2 aliphatic rings. The van der Waals surface area contributed by atoms with Crippen LogP contribution in [0.25, 0.3) is 0 Å². The quantitative estimate of drug-likeness (QED) is 0.560. The van der Waals surface area contributed by atoms with E-state index < -0.39 is 25.9 Å². The largest absolute Gasteiger partial charge is 0.496 e. The summed E-state index contributed by atoms with van der Waals surface area (Å²) < 4.78 is 57.5. The zero-order valence-electron chi connectivity index (χ0n) is 19.0. The molecule has 0 N–H and O–H groups in total. The van der Waals surface area contributed by atoms with Crippen molar-refractivity contribution in [1.29, 1.82) is 0 Å². The van der Waals surface area contributed by atoms with Crippen molar-refractivity contribution in [1.82, 2.24) is 9.21 Å². The molecule has 32 heavy (non-hydrogen) atoms. The van der Waals surface area contributed by atoms with Crippen LogP contribution in [0.1, 0.15) is 62.2 Å². The SMILES string of the molecule is CCCCN(C(=O)c1cc(S(=O)(=O)N2CCCCCC2)ccc1OC)C1CCS(=O)(=O)C1. The fraction of sp³-hybridized carbons (Fsp3) is 0.682. The molecular weight excluding hydrogens is 452 g/mol. The molecule has 0 radical (unpaired) electrons. The van der Waals surface area contributed by atoms with Crippen LogP contribution in [0.3, 0.4) is 0 Å². The molecule has 1 aromatic rings. The number of sulfonamides is 1. The van der Waals surface area contributed by atoms with Crippen molar-refractivity contribution >= 4 is 25.8 Å². The highest BCUT2D eigenvalue weighted by Crippen LogP contribution is 2.29. The third kappa shape index (κ3) is 5.63. The summed E-state index contributed by atoms with van der Waals surface area (Å²) in [6.45, 7) is 3.37. The van der Waals surface area contributed by atoms with Gasteiger partial charge in [0.15, 0.2) is 9.84 Å². The first-order valence-corrected chi connectivity index (χ1v) is 14.7. The number of ether oxygens (including phenoxy) is 1. The molecule has 2 saturated heterocycles. The minimum atomic E-state index is -3.74. The van der Waals surface area contributed by atoms with Gasteiger partial charge in [0.1, 0.15) is 5.75 Å². The van der Waals surface area contributed by atoms with E-state index in [0.717, 1.165) is 38.5 Å². The average Bonchev–Trinajstić information content (AvgIpc) is 2.96. The maximum absolute atomic E-state index is 13.6. The van der Waals surface area contributed by atoms with Crippen molar-refractivity contribution in [2.75, 3.05) is 38.2 Å². The molecular formula is C22H34N2O6S2. The van der Waals surface area contributed by atoms with Crippen LogP contribution in [0, 0.1) is 0 Å². The lowest BCUT2D eigenvalue weighted by molar-refractivity contribution is 0.0690. The van der Waals surface area contributed by atoms with E-state index in [0.29, 0.717) is 26.1 Å². The van der Waals surface area contributed by atoms with Gasteiger partial charge in [-0.05, 0) is 43.9 Å². The van der Waals surface area contributed by atoms with E-state index >= 15 is 0 Å². The number of rotatable bonds is 8. The molecule has 0 bridgehead atoms. The first kappa shape index (κ1) is 25.0. The van der Waals surface area contributed by atoms with Gasteiger partial charge >= 0.3 is 0 Å². The number of nitrogens with zero attached hydrogens (tertiary/aromatic N) is 2. The zero-order chi connectivity index (χ0) is 23.4. The maximum atomic E-state index is 13.6. The highest BCUT2D eigenvalue weighted by atomic mass is 32.2. The number of sulfone groups is 1. The Kier molecular flexibility index (Phi) is 8.21. The number of methoxy groups -OCH3 is 1. The lowest BCUT2D eigenvalue weighted by atomic mass is 10.1. The minimum absolute atomic E-state index is 0.0590. The predicted octanol–water partition coefficient (Wildman–Crippen LogP) is 2.69. The van der Waals surface area contributed by atoms with Gasteiger partial charge < -0.3 is 9.64 Å². The topological polar surface area (TPSA) is 101 Å². The fourth-order valence-electron chi connectivity index (χ4n) is 4.40. The van der Waals surface area contributed by atoms with E-state index in [2.05, 4.69) is 0 Å². The predicted molar refractivity (Wildman–Crippen MR) is 123 cm³/mol. The molecule has 2 aliphatic heterocycles. The summed E-state index contributed by atoms with van der Waals surface area (Å²) in [7, 11) is -5.47. The number of hydrogen-bond donors (Lipinski definition) is 0. The maximum Gasteiger partial charge on any atom is 0.257 e. The monoisotopic (exact) mass is 486 g/mol. The molecule has 2 heterocycles. The van der Waals surface area contributed by atoms with E-state index in [4.69, 9.17) is 4.74 Å². The van der Waals surface area contributed by atoms with Crippen molar-refractivity contribution in [2.45, 2.75) is 62.8 Å². The highest BCUT2D eigenvalue weighted by molar-refractivity contribution is 7.91. The second kappa shape index (κ2) is 10.5. The van der Waals surface area contributed by atoms with Crippen LogP contribution in [0.5, 0.6) is 5.75 Å². The van der Waals surface area contributed by atoms with Gasteiger partial charge in [-0.3, -0.25) is 4.79 Å². The lowest BCUT2D eigenvalue weighted by Crippen LogP contribution is -2.42. The summed E-state index contributed by atoms with van der Waals surface area (Å²) in [6, 6.07) is 3.98. The van der Waals surface area contributed by atoms with Gasteiger partial charge in [-0.1, -0.05) is 26.2 Å².